The quantitative estimate of drug-likeness (QED) is 0.541. The summed E-state index contributed by atoms with van der Waals surface area (Å²) in [6, 6.07) is 0. The number of rotatable bonds is 13. The Labute approximate surface area is 152 Å². The molecular weight excluding hydrogens is 324 g/mol. The first kappa shape index (κ1) is 21.1. The fraction of sp³-hybridized carbons (Fsp3) is 0.824. The van der Waals surface area contributed by atoms with Gasteiger partial charge >= 0.3 is 0 Å². The topological polar surface area (TPSA) is 48.4 Å². The summed E-state index contributed by atoms with van der Waals surface area (Å²) in [5, 5.41) is 0.262. The van der Waals surface area contributed by atoms with Gasteiger partial charge in [-0.15, -0.1) is 0 Å². The second-order valence-electron chi connectivity index (χ2n) is 5.80. The van der Waals surface area contributed by atoms with Crippen molar-refractivity contribution < 1.29 is 0 Å². The van der Waals surface area contributed by atoms with Crippen molar-refractivity contribution in [1.82, 2.24) is 24.8 Å². The molecule has 0 aliphatic heterocycles. The summed E-state index contributed by atoms with van der Waals surface area (Å²) in [5.74, 6) is 0.689. The monoisotopic (exact) mass is 356 g/mol. The van der Waals surface area contributed by atoms with Crippen LogP contribution in [0.25, 0.3) is 0 Å². The summed E-state index contributed by atoms with van der Waals surface area (Å²) in [5.41, 5.74) is 0. The second-order valence-corrected chi connectivity index (χ2v) is 6.14. The van der Waals surface area contributed by atoms with Crippen LogP contribution in [-0.2, 0) is 0 Å². The first-order chi connectivity index (χ1) is 11.6. The second kappa shape index (κ2) is 12.4. The van der Waals surface area contributed by atoms with Gasteiger partial charge in [-0.1, -0.05) is 27.7 Å². The third-order valence-electron chi connectivity index (χ3n) is 4.41. The average molecular weight is 357 g/mol. The molecule has 0 N–H and O–H groups in total. The molecule has 0 amide bonds. The maximum absolute atomic E-state index is 5.94. The smallest absolute Gasteiger partial charge is 0.229 e. The van der Waals surface area contributed by atoms with E-state index in [1.165, 1.54) is 6.33 Å². The molecule has 0 saturated carbocycles. The van der Waals surface area contributed by atoms with E-state index in [0.717, 1.165) is 65.2 Å². The van der Waals surface area contributed by atoms with Gasteiger partial charge in [0.1, 0.15) is 6.33 Å². The molecule has 1 aromatic heterocycles. The molecule has 0 saturated heterocycles. The van der Waals surface area contributed by atoms with Gasteiger partial charge in [0.05, 0.1) is 0 Å². The van der Waals surface area contributed by atoms with Gasteiger partial charge in [-0.05, 0) is 63.7 Å². The van der Waals surface area contributed by atoms with Crippen molar-refractivity contribution in [3.05, 3.63) is 11.6 Å². The summed E-state index contributed by atoms with van der Waals surface area (Å²) in [4.78, 5) is 19.6. The highest BCUT2D eigenvalue weighted by Gasteiger charge is 2.12. The van der Waals surface area contributed by atoms with Gasteiger partial charge in [-0.2, -0.15) is 4.98 Å². The van der Waals surface area contributed by atoms with E-state index in [1.807, 2.05) is 0 Å². The number of hydrogen-bond acceptors (Lipinski definition) is 6. The van der Waals surface area contributed by atoms with Crippen LogP contribution in [0.4, 0.5) is 5.95 Å². The van der Waals surface area contributed by atoms with Gasteiger partial charge in [-0.3, -0.25) is 0 Å². The van der Waals surface area contributed by atoms with E-state index in [9.17, 15) is 0 Å². The number of halogens is 1. The van der Waals surface area contributed by atoms with E-state index in [2.05, 4.69) is 57.3 Å². The lowest BCUT2D eigenvalue weighted by Gasteiger charge is -2.26. The molecule has 138 valence electrons. The van der Waals surface area contributed by atoms with Gasteiger partial charge in [0.25, 0.3) is 0 Å². The first-order valence-corrected chi connectivity index (χ1v) is 9.56. The van der Waals surface area contributed by atoms with Crippen LogP contribution in [-0.4, -0.2) is 77.1 Å². The number of nitrogens with zero attached hydrogens (tertiary/aromatic N) is 6. The van der Waals surface area contributed by atoms with E-state index in [1.54, 1.807) is 0 Å². The van der Waals surface area contributed by atoms with Crippen molar-refractivity contribution in [2.75, 3.05) is 57.3 Å². The molecule has 0 aliphatic rings. The molecular formula is C17H33ClN6. The molecule has 0 unspecified atom stereocenters. The normalized spacial score (nSPS) is 11.5. The van der Waals surface area contributed by atoms with Crippen LogP contribution in [0, 0.1) is 0 Å². The summed E-state index contributed by atoms with van der Waals surface area (Å²) in [7, 11) is 0. The Hall–Kier alpha value is -0.980. The SMILES string of the molecule is CCN(CC)CCCN(CCCN(CC)CC)c1ncnc(Cl)n1. The third-order valence-corrected chi connectivity index (χ3v) is 4.59. The van der Waals surface area contributed by atoms with E-state index >= 15 is 0 Å². The molecule has 0 aromatic carbocycles. The molecule has 0 aliphatic carbocycles. The van der Waals surface area contributed by atoms with Crippen molar-refractivity contribution in [3.63, 3.8) is 0 Å². The Morgan fingerprint density at radius 1 is 0.792 bits per heavy atom. The predicted octanol–water partition coefficient (Wildman–Crippen LogP) is 2.80. The molecule has 0 bridgehead atoms. The molecule has 7 heteroatoms. The Kier molecular flexibility index (Phi) is 10.9. The highest BCUT2D eigenvalue weighted by Crippen LogP contribution is 2.11. The van der Waals surface area contributed by atoms with Crippen molar-refractivity contribution in [2.24, 2.45) is 0 Å². The van der Waals surface area contributed by atoms with Crippen LogP contribution in [0.15, 0.2) is 6.33 Å². The van der Waals surface area contributed by atoms with Crippen LogP contribution in [0.1, 0.15) is 40.5 Å². The summed E-state index contributed by atoms with van der Waals surface area (Å²) in [6.45, 7) is 17.3. The molecule has 0 radical (unpaired) electrons. The van der Waals surface area contributed by atoms with Crippen LogP contribution in [0.2, 0.25) is 5.28 Å². The van der Waals surface area contributed by atoms with Gasteiger partial charge in [-0.25, -0.2) is 9.97 Å². The highest BCUT2D eigenvalue weighted by molar-refractivity contribution is 6.28. The van der Waals surface area contributed by atoms with Crippen molar-refractivity contribution in [3.8, 4) is 0 Å². The maximum atomic E-state index is 5.94. The van der Waals surface area contributed by atoms with Gasteiger partial charge < -0.3 is 14.7 Å². The van der Waals surface area contributed by atoms with E-state index in [0.29, 0.717) is 5.95 Å². The summed E-state index contributed by atoms with van der Waals surface area (Å²) < 4.78 is 0. The predicted molar refractivity (Wildman–Crippen MR) is 102 cm³/mol. The lowest BCUT2D eigenvalue weighted by Crippen LogP contribution is -2.34. The standard InChI is InChI=1S/C17H33ClN6/c1-5-22(6-2)11-9-13-24(14-10-12-23(7-3)8-4)17-20-15-19-16(18)21-17/h15H,5-14H2,1-4H3. The minimum Gasteiger partial charge on any atom is -0.341 e. The molecule has 0 fully saturated rings. The fourth-order valence-corrected chi connectivity index (χ4v) is 2.90. The van der Waals surface area contributed by atoms with Crippen molar-refractivity contribution in [2.45, 2.75) is 40.5 Å². The molecule has 1 rings (SSSR count). The van der Waals surface area contributed by atoms with Crippen LogP contribution in [0.3, 0.4) is 0 Å². The van der Waals surface area contributed by atoms with Crippen molar-refractivity contribution >= 4 is 17.5 Å². The largest absolute Gasteiger partial charge is 0.341 e. The van der Waals surface area contributed by atoms with Crippen LogP contribution >= 0.6 is 11.6 Å². The highest BCUT2D eigenvalue weighted by atomic mass is 35.5. The number of anilines is 1. The van der Waals surface area contributed by atoms with Gasteiger partial charge in [0.2, 0.25) is 11.2 Å². The van der Waals surface area contributed by atoms with Gasteiger partial charge in [0, 0.05) is 13.1 Å². The minimum absolute atomic E-state index is 0.262. The summed E-state index contributed by atoms with van der Waals surface area (Å²) in [6.07, 6.45) is 3.68. The molecule has 1 heterocycles. The van der Waals surface area contributed by atoms with Crippen molar-refractivity contribution in [1.29, 1.82) is 0 Å². The number of hydrogen-bond donors (Lipinski definition) is 0. The lowest BCUT2D eigenvalue weighted by atomic mass is 10.3. The Balaban J connectivity index is 2.59. The first-order valence-electron chi connectivity index (χ1n) is 9.18. The molecule has 0 atom stereocenters. The van der Waals surface area contributed by atoms with E-state index < -0.39 is 0 Å². The molecule has 24 heavy (non-hydrogen) atoms. The van der Waals surface area contributed by atoms with Crippen LogP contribution in [0.5, 0.6) is 0 Å². The van der Waals surface area contributed by atoms with E-state index in [-0.39, 0.29) is 5.28 Å². The third kappa shape index (κ3) is 7.73. The molecule has 1 aromatic rings. The Morgan fingerprint density at radius 2 is 1.29 bits per heavy atom. The zero-order valence-corrected chi connectivity index (χ0v) is 16.5. The maximum Gasteiger partial charge on any atom is 0.229 e. The Bertz CT molecular complexity index is 419. The Morgan fingerprint density at radius 3 is 1.71 bits per heavy atom. The zero-order valence-electron chi connectivity index (χ0n) is 15.7. The zero-order chi connectivity index (χ0) is 17.8. The minimum atomic E-state index is 0.262. The van der Waals surface area contributed by atoms with Crippen LogP contribution < -0.4 is 4.90 Å². The lowest BCUT2D eigenvalue weighted by molar-refractivity contribution is 0.294. The van der Waals surface area contributed by atoms with Gasteiger partial charge in [0.15, 0.2) is 0 Å². The van der Waals surface area contributed by atoms with E-state index in [4.69, 9.17) is 11.6 Å². The number of aromatic nitrogens is 3. The molecule has 0 spiro atoms. The summed E-state index contributed by atoms with van der Waals surface area (Å²) >= 11 is 5.94. The fourth-order valence-electron chi connectivity index (χ4n) is 2.78. The molecule has 6 nitrogen and oxygen atoms in total. The average Bonchev–Trinajstić information content (AvgIpc) is 2.60.